The van der Waals surface area contributed by atoms with Crippen LogP contribution in [0.4, 0.5) is 19.0 Å². The third-order valence-electron chi connectivity index (χ3n) is 3.45. The number of thioether (sulfide) groups is 1. The van der Waals surface area contributed by atoms with Gasteiger partial charge in [0.2, 0.25) is 9.84 Å². The first-order valence-corrected chi connectivity index (χ1v) is 12.9. The number of anilines is 1. The topological polar surface area (TPSA) is 146 Å². The fourth-order valence-corrected chi connectivity index (χ4v) is 6.41. The Morgan fingerprint density at radius 1 is 1.41 bits per heavy atom. The summed E-state index contributed by atoms with van der Waals surface area (Å²) in [4.78, 5) is 13.8. The van der Waals surface area contributed by atoms with Gasteiger partial charge in [-0.05, 0) is 40.2 Å². The number of nitrogens with zero attached hydrogens (tertiary/aromatic N) is 1. The zero-order chi connectivity index (χ0) is 24.9. The fourth-order valence-electron chi connectivity index (χ4n) is 1.95. The van der Waals surface area contributed by atoms with E-state index in [0.29, 0.717) is 25.3 Å². The van der Waals surface area contributed by atoms with Crippen molar-refractivity contribution >= 4 is 66.5 Å². The minimum absolute atomic E-state index is 0.0951. The van der Waals surface area contributed by atoms with Crippen LogP contribution in [0.2, 0.25) is 0 Å². The molecule has 0 aliphatic rings. The maximum Gasteiger partial charge on any atom is 0.490 e. The average molecular weight is 577 g/mol. The van der Waals surface area contributed by atoms with E-state index in [2.05, 4.69) is 40.1 Å². The number of thiophene rings is 1. The van der Waals surface area contributed by atoms with E-state index in [1.165, 1.54) is 35.4 Å². The van der Waals surface area contributed by atoms with Crippen molar-refractivity contribution in [1.82, 2.24) is 4.98 Å². The number of carboxylic acid groups (broad SMARTS) is 1. The van der Waals surface area contributed by atoms with E-state index >= 15 is 0 Å². The lowest BCUT2D eigenvalue weighted by atomic mass is 10.2. The number of hydrogen-bond donors (Lipinski definition) is 4. The zero-order valence-corrected chi connectivity index (χ0v) is 21.0. The number of amidine groups is 1. The number of carbonyl (C=O) groups is 1. The highest BCUT2D eigenvalue weighted by molar-refractivity contribution is 9.10. The number of carboxylic acids is 1. The summed E-state index contributed by atoms with van der Waals surface area (Å²) in [5.74, 6) is -1.86. The van der Waals surface area contributed by atoms with Crippen LogP contribution in [0.25, 0.3) is 0 Å². The van der Waals surface area contributed by atoms with Crippen molar-refractivity contribution in [2.75, 3.05) is 18.1 Å². The van der Waals surface area contributed by atoms with Crippen molar-refractivity contribution in [3.63, 3.8) is 0 Å². The van der Waals surface area contributed by atoms with Gasteiger partial charge in [0.25, 0.3) is 0 Å². The number of rotatable bonds is 7. The first kappa shape index (κ1) is 28.2. The van der Waals surface area contributed by atoms with Gasteiger partial charge in [0.05, 0.1) is 23.4 Å². The van der Waals surface area contributed by atoms with Crippen molar-refractivity contribution in [3.05, 3.63) is 27.7 Å². The smallest absolute Gasteiger partial charge is 0.475 e. The molecule has 15 heteroatoms. The summed E-state index contributed by atoms with van der Waals surface area (Å²) in [6.45, 7) is 4.89. The molecular weight excluding hydrogens is 557 g/mol. The van der Waals surface area contributed by atoms with Gasteiger partial charge >= 0.3 is 12.1 Å². The standard InChI is InChI=1S/C15H19BrN4O2S3.C2HF3O2/c1-8(2)6-19-14-10(16)4-9(7-20-14)25(21,22)12-5-11(13(17)18)24-15(12)23-3;3-2(4,5)1(6)7/h4-5,7-8H,6H2,1-3H3,(H3,17,18)(H,19,20);(H,6,7). The van der Waals surface area contributed by atoms with E-state index in [-0.39, 0.29) is 15.6 Å². The number of nitrogens with one attached hydrogen (secondary N) is 2. The molecule has 0 radical (unpaired) electrons. The second-order valence-electron chi connectivity index (χ2n) is 6.46. The molecule has 0 aliphatic heterocycles. The molecule has 5 N–H and O–H groups in total. The SMILES string of the molecule is CSc1sc(C(=N)N)cc1S(=O)(=O)c1cnc(NCC(C)C)c(Br)c1.O=C(O)C(F)(F)F. The number of nitrogen functional groups attached to an aromatic ring is 1. The van der Waals surface area contributed by atoms with E-state index in [1.807, 2.05) is 0 Å². The highest BCUT2D eigenvalue weighted by Gasteiger charge is 2.38. The summed E-state index contributed by atoms with van der Waals surface area (Å²) < 4.78 is 58.9. The van der Waals surface area contributed by atoms with Crippen molar-refractivity contribution in [2.24, 2.45) is 11.7 Å². The summed E-state index contributed by atoms with van der Waals surface area (Å²) in [6, 6.07) is 2.99. The van der Waals surface area contributed by atoms with E-state index in [9.17, 15) is 21.6 Å². The Hall–Kier alpha value is -1.84. The highest BCUT2D eigenvalue weighted by atomic mass is 79.9. The van der Waals surface area contributed by atoms with Crippen LogP contribution in [0.15, 0.2) is 36.8 Å². The number of halogens is 4. The van der Waals surface area contributed by atoms with Crippen LogP contribution in [0, 0.1) is 11.3 Å². The number of aromatic nitrogens is 1. The van der Waals surface area contributed by atoms with Gasteiger partial charge in [0.15, 0.2) is 0 Å². The third kappa shape index (κ3) is 7.64. The number of aliphatic carboxylic acids is 1. The summed E-state index contributed by atoms with van der Waals surface area (Å²) in [6.07, 6.45) is -1.94. The quantitative estimate of drug-likeness (QED) is 0.215. The predicted molar refractivity (Wildman–Crippen MR) is 122 cm³/mol. The summed E-state index contributed by atoms with van der Waals surface area (Å²) in [5, 5.41) is 17.8. The molecular formula is C17H20BrF3N4O4S3. The van der Waals surface area contributed by atoms with Gasteiger partial charge in [-0.1, -0.05) is 13.8 Å². The minimum Gasteiger partial charge on any atom is -0.475 e. The Labute approximate surface area is 199 Å². The monoisotopic (exact) mass is 576 g/mol. The summed E-state index contributed by atoms with van der Waals surface area (Å²) >= 11 is 5.89. The van der Waals surface area contributed by atoms with Crippen LogP contribution < -0.4 is 11.1 Å². The number of alkyl halides is 3. The number of pyridine rings is 1. The normalized spacial score (nSPS) is 11.6. The number of hydrogen-bond acceptors (Lipinski definition) is 8. The Kier molecular flexibility index (Phi) is 9.99. The Balaban J connectivity index is 0.000000633. The summed E-state index contributed by atoms with van der Waals surface area (Å²) in [7, 11) is -3.75. The molecule has 2 heterocycles. The van der Waals surface area contributed by atoms with Gasteiger partial charge in [-0.2, -0.15) is 13.2 Å². The Bertz CT molecular complexity index is 1090. The molecule has 0 spiro atoms. The lowest BCUT2D eigenvalue weighted by molar-refractivity contribution is -0.192. The lowest BCUT2D eigenvalue weighted by Gasteiger charge is -2.11. The molecule has 0 saturated carbocycles. The van der Waals surface area contributed by atoms with E-state index in [0.717, 1.165) is 6.54 Å². The van der Waals surface area contributed by atoms with Crippen LogP contribution in [0.1, 0.15) is 18.7 Å². The van der Waals surface area contributed by atoms with Crippen LogP contribution in [-0.2, 0) is 14.6 Å². The highest BCUT2D eigenvalue weighted by Crippen LogP contribution is 2.37. The Morgan fingerprint density at radius 2 is 1.97 bits per heavy atom. The number of nitrogens with two attached hydrogens (primary N) is 1. The molecule has 2 rings (SSSR count). The average Bonchev–Trinajstić information content (AvgIpc) is 3.12. The van der Waals surface area contributed by atoms with Crippen LogP contribution in [-0.4, -0.2) is 49.3 Å². The van der Waals surface area contributed by atoms with Crippen LogP contribution in [0.5, 0.6) is 0 Å². The van der Waals surface area contributed by atoms with Crippen molar-refractivity contribution in [1.29, 1.82) is 5.41 Å². The molecule has 0 aliphatic carbocycles. The molecule has 32 heavy (non-hydrogen) atoms. The van der Waals surface area contributed by atoms with E-state index < -0.39 is 22.0 Å². The first-order valence-electron chi connectivity index (χ1n) is 8.58. The molecule has 0 unspecified atom stereocenters. The van der Waals surface area contributed by atoms with Gasteiger partial charge in [-0.25, -0.2) is 18.2 Å². The maximum atomic E-state index is 13.0. The largest absolute Gasteiger partial charge is 0.490 e. The molecule has 2 aromatic rings. The first-order chi connectivity index (χ1) is 14.6. The van der Waals surface area contributed by atoms with Crippen LogP contribution >= 0.6 is 39.0 Å². The minimum atomic E-state index is -5.08. The van der Waals surface area contributed by atoms with Gasteiger partial charge in [0, 0.05) is 12.7 Å². The molecule has 0 saturated heterocycles. The Morgan fingerprint density at radius 3 is 2.38 bits per heavy atom. The van der Waals surface area contributed by atoms with Gasteiger partial charge in [-0.15, -0.1) is 23.1 Å². The molecule has 0 bridgehead atoms. The molecule has 0 aromatic carbocycles. The van der Waals surface area contributed by atoms with E-state index in [1.54, 1.807) is 12.3 Å². The zero-order valence-electron chi connectivity index (χ0n) is 16.9. The molecule has 0 fully saturated rings. The molecule has 178 valence electrons. The van der Waals surface area contributed by atoms with Crippen molar-refractivity contribution < 1.29 is 31.5 Å². The van der Waals surface area contributed by atoms with Crippen molar-refractivity contribution in [3.8, 4) is 0 Å². The molecule has 8 nitrogen and oxygen atoms in total. The second kappa shape index (κ2) is 11.3. The second-order valence-corrected chi connectivity index (χ2v) is 11.4. The molecule has 0 amide bonds. The number of sulfone groups is 1. The molecule has 2 aromatic heterocycles. The lowest BCUT2D eigenvalue weighted by Crippen LogP contribution is -2.21. The summed E-state index contributed by atoms with van der Waals surface area (Å²) in [5.41, 5.74) is 5.50. The van der Waals surface area contributed by atoms with Gasteiger partial charge < -0.3 is 16.2 Å². The van der Waals surface area contributed by atoms with Gasteiger partial charge in [0.1, 0.15) is 11.7 Å². The fraction of sp³-hybridized carbons (Fsp3) is 0.353. The van der Waals surface area contributed by atoms with Crippen molar-refractivity contribution in [2.45, 2.75) is 34.0 Å². The van der Waals surface area contributed by atoms with Gasteiger partial charge in [-0.3, -0.25) is 5.41 Å². The third-order valence-corrected chi connectivity index (χ3v) is 8.36. The maximum absolute atomic E-state index is 13.0. The van der Waals surface area contributed by atoms with Crippen LogP contribution in [0.3, 0.4) is 0 Å². The predicted octanol–water partition coefficient (Wildman–Crippen LogP) is 4.45. The van der Waals surface area contributed by atoms with E-state index in [4.69, 9.17) is 21.0 Å². The molecule has 0 atom stereocenters.